The molecule has 0 saturated heterocycles. The molecule has 0 aliphatic heterocycles. The van der Waals surface area contributed by atoms with E-state index in [-0.39, 0.29) is 28.4 Å². The minimum atomic E-state index is -1.04. The molecule has 2 amide bonds. The van der Waals surface area contributed by atoms with Gasteiger partial charge < -0.3 is 15.7 Å². The second kappa shape index (κ2) is 9.36. The number of aromatic nitrogens is 2. The molecule has 3 N–H and O–H groups in total. The summed E-state index contributed by atoms with van der Waals surface area (Å²) in [4.78, 5) is 32.8. The molecular weight excluding hydrogens is 423 g/mol. The first kappa shape index (κ1) is 22.4. The van der Waals surface area contributed by atoms with Gasteiger partial charge in [0.25, 0.3) is 5.91 Å². The number of nitrogens with zero attached hydrogens (tertiary/aromatic N) is 2. The van der Waals surface area contributed by atoms with Crippen molar-refractivity contribution in [3.8, 4) is 0 Å². The molecule has 33 heavy (non-hydrogen) atoms. The highest BCUT2D eigenvalue weighted by Gasteiger charge is 2.30. The van der Waals surface area contributed by atoms with Crippen LogP contribution in [0.15, 0.2) is 49.4 Å². The Balaban J connectivity index is 1.63. The van der Waals surface area contributed by atoms with Crippen molar-refractivity contribution in [2.45, 2.75) is 38.1 Å². The molecule has 1 fully saturated rings. The van der Waals surface area contributed by atoms with E-state index in [9.17, 15) is 14.0 Å². The zero-order valence-corrected chi connectivity index (χ0v) is 18.2. The Morgan fingerprint density at radius 3 is 2.79 bits per heavy atom. The van der Waals surface area contributed by atoms with Crippen molar-refractivity contribution in [2.75, 3.05) is 5.32 Å². The molecule has 1 aliphatic carbocycles. The molecule has 8 heteroatoms. The maximum absolute atomic E-state index is 14.4. The maximum Gasteiger partial charge on any atom is 0.404 e. The van der Waals surface area contributed by atoms with Crippen molar-refractivity contribution in [3.05, 3.63) is 71.9 Å². The number of carbonyl (C=O) groups is 2. The molecular formula is C25H25FN4O3. The third kappa shape index (κ3) is 4.84. The lowest BCUT2D eigenvalue weighted by molar-refractivity contribution is 0.102. The van der Waals surface area contributed by atoms with Crippen LogP contribution in [0.2, 0.25) is 0 Å². The van der Waals surface area contributed by atoms with Crippen LogP contribution in [0.25, 0.3) is 17.0 Å². The smallest absolute Gasteiger partial charge is 0.404 e. The van der Waals surface area contributed by atoms with Gasteiger partial charge in [0.05, 0.1) is 23.0 Å². The van der Waals surface area contributed by atoms with Gasteiger partial charge in [0.1, 0.15) is 5.82 Å². The van der Waals surface area contributed by atoms with Gasteiger partial charge in [0.15, 0.2) is 0 Å². The van der Waals surface area contributed by atoms with Crippen molar-refractivity contribution < 1.29 is 19.1 Å². The van der Waals surface area contributed by atoms with Gasteiger partial charge in [-0.2, -0.15) is 0 Å². The van der Waals surface area contributed by atoms with Gasteiger partial charge in [-0.1, -0.05) is 19.6 Å². The third-order valence-electron chi connectivity index (χ3n) is 6.11. The number of amides is 2. The fourth-order valence-corrected chi connectivity index (χ4v) is 4.70. The van der Waals surface area contributed by atoms with Crippen LogP contribution < -0.4 is 10.6 Å². The van der Waals surface area contributed by atoms with Crippen LogP contribution in [-0.4, -0.2) is 33.1 Å². The molecule has 4 rings (SSSR count). The first-order chi connectivity index (χ1) is 15.9. The summed E-state index contributed by atoms with van der Waals surface area (Å²) < 4.78 is 14.4. The van der Waals surface area contributed by atoms with Crippen molar-refractivity contribution in [1.29, 1.82) is 0 Å². The molecule has 0 unspecified atom stereocenters. The quantitative estimate of drug-likeness (QED) is 0.497. The molecule has 1 aliphatic rings. The molecule has 1 aromatic carbocycles. The van der Waals surface area contributed by atoms with Gasteiger partial charge in [-0.25, -0.2) is 9.18 Å². The normalized spacial score (nSPS) is 20.2. The minimum absolute atomic E-state index is 0.0575. The van der Waals surface area contributed by atoms with Gasteiger partial charge in [0.2, 0.25) is 0 Å². The van der Waals surface area contributed by atoms with Crippen molar-refractivity contribution >= 4 is 34.7 Å². The van der Waals surface area contributed by atoms with Gasteiger partial charge in [-0.3, -0.25) is 14.8 Å². The van der Waals surface area contributed by atoms with Crippen LogP contribution in [0.3, 0.4) is 0 Å². The summed E-state index contributed by atoms with van der Waals surface area (Å²) in [6.45, 7) is 5.77. The summed E-state index contributed by atoms with van der Waals surface area (Å²) in [5.74, 6) is -0.506. The molecule has 2 heterocycles. The molecule has 2 aromatic heterocycles. The van der Waals surface area contributed by atoms with Crippen LogP contribution in [-0.2, 0) is 0 Å². The van der Waals surface area contributed by atoms with Crippen LogP contribution in [0.4, 0.5) is 14.9 Å². The average molecular weight is 448 g/mol. The van der Waals surface area contributed by atoms with E-state index in [0.29, 0.717) is 23.6 Å². The number of fused-ring (bicyclic) bond motifs is 1. The Morgan fingerprint density at radius 1 is 1.21 bits per heavy atom. The highest BCUT2D eigenvalue weighted by molar-refractivity contribution is 6.12. The highest BCUT2D eigenvalue weighted by Crippen LogP contribution is 2.39. The van der Waals surface area contributed by atoms with Crippen LogP contribution in [0, 0.1) is 11.7 Å². The summed E-state index contributed by atoms with van der Waals surface area (Å²) in [6.07, 6.45) is 7.60. The SMILES string of the molecule is C=Cc1cnc2c(C(=O)Nc3cnccc3[C@@H]3C[C@H](C)C[C@H](NC(=O)O)C3)ccc(F)c2c1. The van der Waals surface area contributed by atoms with Crippen LogP contribution >= 0.6 is 0 Å². The number of hydrogen-bond donors (Lipinski definition) is 3. The number of hydrogen-bond acceptors (Lipinski definition) is 4. The fourth-order valence-electron chi connectivity index (χ4n) is 4.70. The molecule has 1 saturated carbocycles. The largest absolute Gasteiger partial charge is 0.465 e. The Hall–Kier alpha value is -3.81. The highest BCUT2D eigenvalue weighted by atomic mass is 19.1. The number of carboxylic acid groups (broad SMARTS) is 1. The van der Waals surface area contributed by atoms with E-state index in [1.54, 1.807) is 30.7 Å². The second-order valence-electron chi connectivity index (χ2n) is 8.54. The van der Waals surface area contributed by atoms with E-state index in [1.165, 1.54) is 12.1 Å². The molecule has 170 valence electrons. The zero-order valence-electron chi connectivity index (χ0n) is 18.2. The summed E-state index contributed by atoms with van der Waals surface area (Å²) in [6, 6.07) is 5.97. The summed E-state index contributed by atoms with van der Waals surface area (Å²) in [5.41, 5.74) is 2.62. The molecule has 0 bridgehead atoms. The summed E-state index contributed by atoms with van der Waals surface area (Å²) in [7, 11) is 0. The number of pyridine rings is 2. The number of halogens is 1. The molecule has 0 radical (unpaired) electrons. The van der Waals surface area contributed by atoms with E-state index >= 15 is 0 Å². The van der Waals surface area contributed by atoms with Crippen LogP contribution in [0.1, 0.15) is 53.6 Å². The Labute approximate surface area is 190 Å². The van der Waals surface area contributed by atoms with Crippen molar-refractivity contribution in [1.82, 2.24) is 15.3 Å². The molecule has 3 atom stereocenters. The van der Waals surface area contributed by atoms with E-state index in [2.05, 4.69) is 34.1 Å². The number of benzene rings is 1. The molecule has 3 aromatic rings. The number of anilines is 1. The first-order valence-corrected chi connectivity index (χ1v) is 10.8. The lowest BCUT2D eigenvalue weighted by Gasteiger charge is -2.34. The number of rotatable bonds is 5. The van der Waals surface area contributed by atoms with E-state index < -0.39 is 17.8 Å². The van der Waals surface area contributed by atoms with Gasteiger partial charge in [-0.15, -0.1) is 0 Å². The minimum Gasteiger partial charge on any atom is -0.465 e. The first-order valence-electron chi connectivity index (χ1n) is 10.8. The Morgan fingerprint density at radius 2 is 2.03 bits per heavy atom. The van der Waals surface area contributed by atoms with Crippen LogP contribution in [0.5, 0.6) is 0 Å². The van der Waals surface area contributed by atoms with Gasteiger partial charge >= 0.3 is 6.09 Å². The summed E-state index contributed by atoms with van der Waals surface area (Å²) >= 11 is 0. The third-order valence-corrected chi connectivity index (χ3v) is 6.11. The molecule has 0 spiro atoms. The topological polar surface area (TPSA) is 104 Å². The van der Waals surface area contributed by atoms with E-state index in [4.69, 9.17) is 5.11 Å². The maximum atomic E-state index is 14.4. The Bertz CT molecular complexity index is 1230. The fraction of sp³-hybridized carbons (Fsp3) is 0.280. The lowest BCUT2D eigenvalue weighted by atomic mass is 9.76. The van der Waals surface area contributed by atoms with Crippen molar-refractivity contribution in [3.63, 3.8) is 0 Å². The zero-order chi connectivity index (χ0) is 23.5. The average Bonchev–Trinajstić information content (AvgIpc) is 2.78. The monoisotopic (exact) mass is 448 g/mol. The lowest BCUT2D eigenvalue weighted by Crippen LogP contribution is -2.39. The molecule has 7 nitrogen and oxygen atoms in total. The predicted octanol–water partition coefficient (Wildman–Crippen LogP) is 5.20. The number of carbonyl (C=O) groups excluding carboxylic acids is 1. The van der Waals surface area contributed by atoms with E-state index in [0.717, 1.165) is 18.4 Å². The standard InChI is InChI=1S/C25H25FN4O3/c1-3-15-10-20-21(26)5-4-19(23(20)28-12-15)24(31)30-22-13-27-7-6-18(22)16-8-14(2)9-17(11-16)29-25(32)33/h3-7,10,12-14,16-17,29H,1,8-9,11H2,2H3,(H,30,31)(H,32,33)/t14-,16+,17-/m0/s1. The second-order valence-corrected chi connectivity index (χ2v) is 8.54. The summed E-state index contributed by atoms with van der Waals surface area (Å²) in [5, 5.41) is 14.9. The Kier molecular flexibility index (Phi) is 6.35. The van der Waals surface area contributed by atoms with Gasteiger partial charge in [-0.05, 0) is 66.5 Å². The number of nitrogens with one attached hydrogen (secondary N) is 2. The van der Waals surface area contributed by atoms with E-state index in [1.807, 2.05) is 6.07 Å². The van der Waals surface area contributed by atoms with Crippen molar-refractivity contribution in [2.24, 2.45) is 5.92 Å². The van der Waals surface area contributed by atoms with Gasteiger partial charge in [0, 0.05) is 23.8 Å². The predicted molar refractivity (Wildman–Crippen MR) is 125 cm³/mol.